The van der Waals surface area contributed by atoms with Crippen molar-refractivity contribution in [2.24, 2.45) is 0 Å². The van der Waals surface area contributed by atoms with E-state index in [4.69, 9.17) is 0 Å². The predicted molar refractivity (Wildman–Crippen MR) is 59.2 cm³/mol. The second-order valence-electron chi connectivity index (χ2n) is 3.51. The van der Waals surface area contributed by atoms with Crippen molar-refractivity contribution in [3.63, 3.8) is 0 Å². The van der Waals surface area contributed by atoms with E-state index in [1.54, 1.807) is 0 Å². The Morgan fingerprint density at radius 1 is 1.27 bits per heavy atom. The van der Waals surface area contributed by atoms with E-state index in [0.29, 0.717) is 0 Å². The molecule has 2 aromatic rings. The van der Waals surface area contributed by atoms with Crippen LogP contribution in [-0.2, 0) is 6.54 Å². The lowest BCUT2D eigenvalue weighted by Gasteiger charge is -2.03. The van der Waals surface area contributed by atoms with Crippen molar-refractivity contribution < 1.29 is 4.73 Å². The quantitative estimate of drug-likeness (QED) is 0.542. The average molecular weight is 202 g/mol. The molecule has 3 nitrogen and oxygen atoms in total. The van der Waals surface area contributed by atoms with Crippen LogP contribution in [0.4, 0.5) is 0 Å². The van der Waals surface area contributed by atoms with Crippen LogP contribution in [0, 0.1) is 12.1 Å². The second-order valence-corrected chi connectivity index (χ2v) is 3.51. The highest BCUT2D eigenvalue weighted by atomic mass is 16.5. The minimum atomic E-state index is 0.718. The van der Waals surface area contributed by atoms with E-state index in [0.717, 1.165) is 28.4 Å². The van der Waals surface area contributed by atoms with E-state index in [9.17, 15) is 5.21 Å². The molecule has 0 radical (unpaired) electrons. The maximum absolute atomic E-state index is 11.8. The summed E-state index contributed by atoms with van der Waals surface area (Å²) in [6, 6.07) is 9.72. The maximum atomic E-state index is 11.8. The SMILES string of the molecule is CCn1cc(-c2ccccc2)[n+]([O-])c1C. The first kappa shape index (κ1) is 9.77. The van der Waals surface area contributed by atoms with E-state index in [-0.39, 0.29) is 0 Å². The van der Waals surface area contributed by atoms with Crippen LogP contribution >= 0.6 is 0 Å². The van der Waals surface area contributed by atoms with Crippen LogP contribution in [0.3, 0.4) is 0 Å². The molecular weight excluding hydrogens is 188 g/mol. The molecule has 15 heavy (non-hydrogen) atoms. The van der Waals surface area contributed by atoms with Gasteiger partial charge in [0.05, 0.1) is 6.54 Å². The van der Waals surface area contributed by atoms with Crippen molar-refractivity contribution in [1.82, 2.24) is 4.57 Å². The normalized spacial score (nSPS) is 10.5. The van der Waals surface area contributed by atoms with Gasteiger partial charge in [0, 0.05) is 12.5 Å². The number of hydrogen-bond acceptors (Lipinski definition) is 1. The Labute approximate surface area is 89.2 Å². The van der Waals surface area contributed by atoms with Crippen LogP contribution in [0.25, 0.3) is 11.3 Å². The minimum Gasteiger partial charge on any atom is -0.710 e. The fraction of sp³-hybridized carbons (Fsp3) is 0.250. The Hall–Kier alpha value is -1.77. The Bertz CT molecular complexity index is 460. The molecule has 2 rings (SSSR count). The zero-order valence-electron chi connectivity index (χ0n) is 8.97. The molecule has 0 saturated carbocycles. The molecule has 78 valence electrons. The summed E-state index contributed by atoms with van der Waals surface area (Å²) in [6.07, 6.45) is 1.90. The first-order valence-corrected chi connectivity index (χ1v) is 5.08. The first-order valence-electron chi connectivity index (χ1n) is 5.08. The van der Waals surface area contributed by atoms with Gasteiger partial charge in [-0.3, -0.25) is 0 Å². The summed E-state index contributed by atoms with van der Waals surface area (Å²) in [5, 5.41) is 11.8. The number of hydrogen-bond donors (Lipinski definition) is 0. The van der Waals surface area contributed by atoms with Crippen molar-refractivity contribution in [3.8, 4) is 11.3 Å². The van der Waals surface area contributed by atoms with Gasteiger partial charge in [0.1, 0.15) is 6.20 Å². The van der Waals surface area contributed by atoms with Crippen molar-refractivity contribution in [2.75, 3.05) is 0 Å². The Morgan fingerprint density at radius 3 is 2.47 bits per heavy atom. The van der Waals surface area contributed by atoms with E-state index >= 15 is 0 Å². The fourth-order valence-electron chi connectivity index (χ4n) is 1.71. The van der Waals surface area contributed by atoms with Crippen LogP contribution in [0.2, 0.25) is 0 Å². The van der Waals surface area contributed by atoms with Gasteiger partial charge >= 0.3 is 0 Å². The summed E-state index contributed by atoms with van der Waals surface area (Å²) in [4.78, 5) is 0. The van der Waals surface area contributed by atoms with Crippen LogP contribution in [0.1, 0.15) is 12.7 Å². The van der Waals surface area contributed by atoms with E-state index in [1.807, 2.05) is 54.9 Å². The summed E-state index contributed by atoms with van der Waals surface area (Å²) in [6.45, 7) is 4.69. The van der Waals surface area contributed by atoms with Crippen molar-refractivity contribution in [1.29, 1.82) is 0 Å². The van der Waals surface area contributed by atoms with Crippen LogP contribution in [-0.4, -0.2) is 4.57 Å². The lowest BCUT2D eigenvalue weighted by molar-refractivity contribution is -0.600. The smallest absolute Gasteiger partial charge is 0.256 e. The molecule has 0 unspecified atom stereocenters. The summed E-state index contributed by atoms with van der Waals surface area (Å²) in [7, 11) is 0. The lowest BCUT2D eigenvalue weighted by Crippen LogP contribution is -2.30. The number of benzene rings is 1. The number of nitrogens with zero attached hydrogens (tertiary/aromatic N) is 2. The van der Waals surface area contributed by atoms with Gasteiger partial charge in [0.25, 0.3) is 5.82 Å². The zero-order valence-corrected chi connectivity index (χ0v) is 8.97. The number of imidazole rings is 1. The van der Waals surface area contributed by atoms with E-state index in [2.05, 4.69) is 0 Å². The van der Waals surface area contributed by atoms with Gasteiger partial charge in [-0.05, 0) is 6.92 Å². The lowest BCUT2D eigenvalue weighted by atomic mass is 10.2. The van der Waals surface area contributed by atoms with Gasteiger partial charge in [-0.25, -0.2) is 9.30 Å². The standard InChI is InChI=1S/C12H14N2O/c1-3-13-9-12(14(15)10(13)2)11-7-5-4-6-8-11/h4-9H,3H2,1-2H3. The highest BCUT2D eigenvalue weighted by Gasteiger charge is 2.14. The van der Waals surface area contributed by atoms with Gasteiger partial charge in [-0.15, -0.1) is 0 Å². The molecule has 1 heterocycles. The van der Waals surface area contributed by atoms with E-state index in [1.165, 1.54) is 0 Å². The van der Waals surface area contributed by atoms with Gasteiger partial charge in [0.15, 0.2) is 5.69 Å². The second kappa shape index (κ2) is 3.77. The molecule has 0 N–H and O–H groups in total. The van der Waals surface area contributed by atoms with Crippen molar-refractivity contribution >= 4 is 0 Å². The highest BCUT2D eigenvalue weighted by Crippen LogP contribution is 2.15. The number of rotatable bonds is 2. The summed E-state index contributed by atoms with van der Waals surface area (Å²) >= 11 is 0. The van der Waals surface area contributed by atoms with Crippen molar-refractivity contribution in [2.45, 2.75) is 20.4 Å². The number of aryl methyl sites for hydroxylation is 1. The molecule has 0 bridgehead atoms. The van der Waals surface area contributed by atoms with Crippen LogP contribution in [0.15, 0.2) is 36.5 Å². The largest absolute Gasteiger partial charge is 0.710 e. The third kappa shape index (κ3) is 1.61. The van der Waals surface area contributed by atoms with Crippen LogP contribution < -0.4 is 4.73 Å². The Morgan fingerprint density at radius 2 is 1.93 bits per heavy atom. The Balaban J connectivity index is 2.55. The van der Waals surface area contributed by atoms with Gasteiger partial charge < -0.3 is 5.21 Å². The molecule has 3 heteroatoms. The molecule has 0 saturated heterocycles. The molecular formula is C12H14N2O. The van der Waals surface area contributed by atoms with Crippen LogP contribution in [0.5, 0.6) is 0 Å². The number of aromatic nitrogens is 2. The Kier molecular flexibility index (Phi) is 2.46. The third-order valence-corrected chi connectivity index (χ3v) is 2.62. The molecule has 1 aromatic heterocycles. The third-order valence-electron chi connectivity index (χ3n) is 2.62. The maximum Gasteiger partial charge on any atom is 0.256 e. The molecule has 0 spiro atoms. The zero-order chi connectivity index (χ0) is 10.8. The first-order chi connectivity index (χ1) is 7.24. The predicted octanol–water partition coefficient (Wildman–Crippen LogP) is 2.12. The van der Waals surface area contributed by atoms with Gasteiger partial charge in [-0.1, -0.05) is 30.3 Å². The molecule has 0 aliphatic rings. The average Bonchev–Trinajstić information content (AvgIpc) is 2.57. The molecule has 0 aliphatic carbocycles. The van der Waals surface area contributed by atoms with Gasteiger partial charge in [-0.2, -0.15) is 0 Å². The minimum absolute atomic E-state index is 0.718. The van der Waals surface area contributed by atoms with Gasteiger partial charge in [0.2, 0.25) is 0 Å². The summed E-state index contributed by atoms with van der Waals surface area (Å²) < 4.78 is 2.94. The molecule has 0 amide bonds. The molecule has 1 aromatic carbocycles. The van der Waals surface area contributed by atoms with Crippen molar-refractivity contribution in [3.05, 3.63) is 47.6 Å². The highest BCUT2D eigenvalue weighted by molar-refractivity contribution is 5.55. The summed E-state index contributed by atoms with van der Waals surface area (Å²) in [5.41, 5.74) is 1.68. The molecule has 0 atom stereocenters. The molecule has 0 aliphatic heterocycles. The monoisotopic (exact) mass is 202 g/mol. The topological polar surface area (TPSA) is 31.9 Å². The molecule has 0 fully saturated rings. The van der Waals surface area contributed by atoms with E-state index < -0.39 is 0 Å². The fourth-order valence-corrected chi connectivity index (χ4v) is 1.71. The summed E-state index contributed by atoms with van der Waals surface area (Å²) in [5.74, 6) is 0.733.